The molecule has 1 aliphatic heterocycles. The van der Waals surface area contributed by atoms with Gasteiger partial charge in [-0.1, -0.05) is 6.08 Å². The summed E-state index contributed by atoms with van der Waals surface area (Å²) in [6.45, 7) is 8.30. The average Bonchev–Trinajstić information content (AvgIpc) is 2.84. The molecule has 1 N–H and O–H groups in total. The standard InChI is InChI=1S/C18H30N4O2/c1-14-15(2)24-18(20-14)13-22-10-7-16(8-11-22)12-19-17(23)6-5-9-21(3)4/h5-6,16H,7-13H2,1-4H3,(H,19,23)/b6-5+. The van der Waals surface area contributed by atoms with Crippen molar-refractivity contribution in [2.45, 2.75) is 33.2 Å². The summed E-state index contributed by atoms with van der Waals surface area (Å²) in [6, 6.07) is 0. The number of aromatic nitrogens is 1. The molecule has 0 radical (unpaired) electrons. The Hall–Kier alpha value is -1.66. The summed E-state index contributed by atoms with van der Waals surface area (Å²) >= 11 is 0. The first-order valence-corrected chi connectivity index (χ1v) is 8.68. The fraction of sp³-hybridized carbons (Fsp3) is 0.667. The Bertz CT molecular complexity index is 538. The fourth-order valence-electron chi connectivity index (χ4n) is 2.82. The molecule has 0 unspecified atom stereocenters. The lowest BCUT2D eigenvalue weighted by Crippen LogP contribution is -2.38. The number of rotatable bonds is 7. The molecule has 0 aromatic carbocycles. The van der Waals surface area contributed by atoms with Crippen molar-refractivity contribution in [2.24, 2.45) is 5.92 Å². The molecule has 1 amide bonds. The second-order valence-electron chi connectivity index (χ2n) is 6.88. The molecule has 1 aromatic rings. The number of oxazole rings is 1. The van der Waals surface area contributed by atoms with Gasteiger partial charge in [-0.2, -0.15) is 0 Å². The van der Waals surface area contributed by atoms with Gasteiger partial charge < -0.3 is 14.6 Å². The normalized spacial score (nSPS) is 17.0. The van der Waals surface area contributed by atoms with E-state index in [0.29, 0.717) is 5.92 Å². The van der Waals surface area contributed by atoms with Crippen molar-refractivity contribution in [3.63, 3.8) is 0 Å². The Balaban J connectivity index is 1.65. The molecule has 0 atom stereocenters. The summed E-state index contributed by atoms with van der Waals surface area (Å²) in [7, 11) is 3.97. The molecule has 1 aromatic heterocycles. The van der Waals surface area contributed by atoms with Crippen LogP contribution in [0.3, 0.4) is 0 Å². The van der Waals surface area contributed by atoms with E-state index < -0.39 is 0 Å². The highest BCUT2D eigenvalue weighted by molar-refractivity contribution is 5.87. The van der Waals surface area contributed by atoms with Crippen LogP contribution in [-0.2, 0) is 11.3 Å². The summed E-state index contributed by atoms with van der Waals surface area (Å²) in [5.74, 6) is 2.28. The fourth-order valence-corrected chi connectivity index (χ4v) is 2.82. The molecule has 0 bridgehead atoms. The van der Waals surface area contributed by atoms with Gasteiger partial charge in [0.05, 0.1) is 12.2 Å². The summed E-state index contributed by atoms with van der Waals surface area (Å²) in [4.78, 5) is 20.6. The molecule has 6 nitrogen and oxygen atoms in total. The third-order valence-electron chi connectivity index (χ3n) is 4.44. The monoisotopic (exact) mass is 334 g/mol. The number of aryl methyl sites for hydroxylation is 2. The second-order valence-corrected chi connectivity index (χ2v) is 6.88. The van der Waals surface area contributed by atoms with E-state index in [9.17, 15) is 4.79 Å². The molecule has 1 aliphatic rings. The van der Waals surface area contributed by atoms with Gasteiger partial charge in [-0.3, -0.25) is 9.69 Å². The Kier molecular flexibility index (Phi) is 6.99. The lowest BCUT2D eigenvalue weighted by molar-refractivity contribution is -0.116. The lowest BCUT2D eigenvalue weighted by Gasteiger charge is -2.31. The zero-order valence-electron chi connectivity index (χ0n) is 15.3. The van der Waals surface area contributed by atoms with Crippen LogP contribution in [0.15, 0.2) is 16.6 Å². The van der Waals surface area contributed by atoms with E-state index in [0.717, 1.165) is 62.9 Å². The topological polar surface area (TPSA) is 61.6 Å². The molecular formula is C18H30N4O2. The molecule has 24 heavy (non-hydrogen) atoms. The van der Waals surface area contributed by atoms with Gasteiger partial charge in [-0.05, 0) is 59.8 Å². The molecule has 6 heteroatoms. The number of carbonyl (C=O) groups excluding carboxylic acids is 1. The molecule has 1 saturated heterocycles. The maximum atomic E-state index is 11.8. The van der Waals surface area contributed by atoms with Gasteiger partial charge in [0, 0.05) is 19.2 Å². The first-order chi connectivity index (χ1) is 11.4. The Morgan fingerprint density at radius 1 is 1.38 bits per heavy atom. The highest BCUT2D eigenvalue weighted by atomic mass is 16.4. The summed E-state index contributed by atoms with van der Waals surface area (Å²) < 4.78 is 5.66. The smallest absolute Gasteiger partial charge is 0.243 e. The minimum atomic E-state index is 0.00464. The van der Waals surface area contributed by atoms with Crippen molar-refractivity contribution in [1.82, 2.24) is 20.1 Å². The van der Waals surface area contributed by atoms with Crippen LogP contribution in [0.4, 0.5) is 0 Å². The van der Waals surface area contributed by atoms with E-state index in [1.54, 1.807) is 6.08 Å². The van der Waals surface area contributed by atoms with Crippen LogP contribution in [-0.4, -0.2) is 61.0 Å². The van der Waals surface area contributed by atoms with Crippen LogP contribution in [0.5, 0.6) is 0 Å². The third-order valence-corrected chi connectivity index (χ3v) is 4.44. The summed E-state index contributed by atoms with van der Waals surface area (Å²) in [6.07, 6.45) is 5.71. The van der Waals surface area contributed by atoms with Gasteiger partial charge in [-0.25, -0.2) is 4.98 Å². The molecule has 2 heterocycles. The predicted octanol–water partition coefficient (Wildman–Crippen LogP) is 1.74. The molecular weight excluding hydrogens is 304 g/mol. The predicted molar refractivity (Wildman–Crippen MR) is 94.7 cm³/mol. The van der Waals surface area contributed by atoms with Crippen LogP contribution in [0, 0.1) is 19.8 Å². The maximum Gasteiger partial charge on any atom is 0.243 e. The van der Waals surface area contributed by atoms with Crippen molar-refractivity contribution in [3.8, 4) is 0 Å². The number of hydrogen-bond acceptors (Lipinski definition) is 5. The van der Waals surface area contributed by atoms with Gasteiger partial charge in [0.1, 0.15) is 5.76 Å². The lowest BCUT2D eigenvalue weighted by atomic mass is 9.97. The summed E-state index contributed by atoms with van der Waals surface area (Å²) in [5.41, 5.74) is 0.977. The first kappa shape index (κ1) is 18.7. The van der Waals surface area contributed by atoms with Crippen LogP contribution < -0.4 is 5.32 Å². The van der Waals surface area contributed by atoms with Gasteiger partial charge in [0.15, 0.2) is 0 Å². The van der Waals surface area contributed by atoms with Gasteiger partial charge in [-0.15, -0.1) is 0 Å². The van der Waals surface area contributed by atoms with Crippen LogP contribution >= 0.6 is 0 Å². The SMILES string of the molecule is Cc1nc(CN2CCC(CNC(=O)/C=C/CN(C)C)CC2)oc1C. The average molecular weight is 334 g/mol. The van der Waals surface area contributed by atoms with Crippen molar-refractivity contribution >= 4 is 5.91 Å². The number of nitrogens with zero attached hydrogens (tertiary/aromatic N) is 3. The quantitative estimate of drug-likeness (QED) is 0.770. The van der Waals surface area contributed by atoms with E-state index in [1.165, 1.54) is 0 Å². The summed E-state index contributed by atoms with van der Waals surface area (Å²) in [5, 5.41) is 3.01. The Morgan fingerprint density at radius 3 is 2.67 bits per heavy atom. The number of carbonyl (C=O) groups is 1. The molecule has 0 saturated carbocycles. The van der Waals surface area contributed by atoms with E-state index in [2.05, 4.69) is 15.2 Å². The van der Waals surface area contributed by atoms with Crippen molar-refractivity contribution in [3.05, 3.63) is 29.5 Å². The number of likely N-dealkylation sites (N-methyl/N-ethyl adjacent to an activating group) is 1. The van der Waals surface area contributed by atoms with Crippen LogP contribution in [0.1, 0.15) is 30.2 Å². The second kappa shape index (κ2) is 8.99. The minimum Gasteiger partial charge on any atom is -0.444 e. The molecule has 134 valence electrons. The number of hydrogen-bond donors (Lipinski definition) is 1. The van der Waals surface area contributed by atoms with Crippen molar-refractivity contribution in [2.75, 3.05) is 40.3 Å². The number of nitrogens with one attached hydrogen (secondary N) is 1. The first-order valence-electron chi connectivity index (χ1n) is 8.68. The molecule has 0 aliphatic carbocycles. The van der Waals surface area contributed by atoms with E-state index in [-0.39, 0.29) is 5.91 Å². The number of likely N-dealkylation sites (tertiary alicyclic amines) is 1. The molecule has 0 spiro atoms. The number of piperidine rings is 1. The van der Waals surface area contributed by atoms with Gasteiger partial charge in [0.2, 0.25) is 11.8 Å². The number of amides is 1. The van der Waals surface area contributed by atoms with Gasteiger partial charge >= 0.3 is 0 Å². The van der Waals surface area contributed by atoms with Crippen LogP contribution in [0.25, 0.3) is 0 Å². The van der Waals surface area contributed by atoms with Crippen molar-refractivity contribution in [1.29, 1.82) is 0 Å². The zero-order chi connectivity index (χ0) is 17.5. The zero-order valence-corrected chi connectivity index (χ0v) is 15.3. The molecule has 1 fully saturated rings. The largest absolute Gasteiger partial charge is 0.444 e. The Morgan fingerprint density at radius 2 is 2.08 bits per heavy atom. The van der Waals surface area contributed by atoms with E-state index >= 15 is 0 Å². The highest BCUT2D eigenvalue weighted by Gasteiger charge is 2.21. The van der Waals surface area contributed by atoms with Gasteiger partial charge in [0.25, 0.3) is 0 Å². The van der Waals surface area contributed by atoms with Crippen molar-refractivity contribution < 1.29 is 9.21 Å². The Labute approximate surface area is 144 Å². The highest BCUT2D eigenvalue weighted by Crippen LogP contribution is 2.19. The van der Waals surface area contributed by atoms with E-state index in [1.807, 2.05) is 38.9 Å². The van der Waals surface area contributed by atoms with Crippen LogP contribution in [0.2, 0.25) is 0 Å². The minimum absolute atomic E-state index is 0.00464. The third kappa shape index (κ3) is 6.09. The maximum absolute atomic E-state index is 11.8. The molecule has 2 rings (SSSR count). The van der Waals surface area contributed by atoms with E-state index in [4.69, 9.17) is 4.42 Å².